The number of ether oxygens (including phenoxy) is 2. The van der Waals surface area contributed by atoms with Crippen LogP contribution in [0.3, 0.4) is 0 Å². The Bertz CT molecular complexity index is 1440. The van der Waals surface area contributed by atoms with Crippen LogP contribution in [0.25, 0.3) is 0 Å². The molecule has 3 N–H and O–H groups in total. The Kier molecular flexibility index (Phi) is 10.1. The van der Waals surface area contributed by atoms with E-state index in [1.54, 1.807) is 6.07 Å². The van der Waals surface area contributed by atoms with Crippen LogP contribution < -0.4 is 20.1 Å². The first-order chi connectivity index (χ1) is 21.2. The van der Waals surface area contributed by atoms with Crippen LogP contribution in [0.15, 0.2) is 66.7 Å². The summed E-state index contributed by atoms with van der Waals surface area (Å²) in [5.74, 6) is -1.18. The molecule has 0 unspecified atom stereocenters. The van der Waals surface area contributed by atoms with E-state index < -0.39 is 35.7 Å². The fraction of sp³-hybridized carbons (Fsp3) is 0.412. The molecule has 44 heavy (non-hydrogen) atoms. The van der Waals surface area contributed by atoms with Gasteiger partial charge in [-0.05, 0) is 73.7 Å². The van der Waals surface area contributed by atoms with Crippen molar-refractivity contribution in [3.63, 3.8) is 0 Å². The van der Waals surface area contributed by atoms with E-state index in [0.29, 0.717) is 36.6 Å². The normalized spacial score (nSPS) is 21.1. The molecule has 0 spiro atoms. The van der Waals surface area contributed by atoms with Crippen molar-refractivity contribution in [2.24, 2.45) is 0 Å². The van der Waals surface area contributed by atoms with E-state index in [1.807, 2.05) is 42.2 Å². The van der Waals surface area contributed by atoms with Gasteiger partial charge in [-0.2, -0.15) is 0 Å². The molecule has 5 atom stereocenters. The summed E-state index contributed by atoms with van der Waals surface area (Å²) in [5.41, 5.74) is 0.785. The first-order valence-electron chi connectivity index (χ1n) is 15.1. The Hall–Kier alpha value is -4.02. The fourth-order valence-corrected chi connectivity index (χ4v) is 6.21. The second kappa shape index (κ2) is 14.2. The molecule has 2 saturated heterocycles. The number of nitrogens with one attached hydrogen (secondary N) is 2. The van der Waals surface area contributed by atoms with Gasteiger partial charge in [0.25, 0.3) is 11.8 Å². The molecule has 2 aliphatic heterocycles. The zero-order valence-corrected chi connectivity index (χ0v) is 25.0. The number of methoxy groups -OCH3 is 1. The van der Waals surface area contributed by atoms with Crippen LogP contribution in [-0.2, 0) is 6.42 Å². The number of carbonyl (C=O) groups is 2. The van der Waals surface area contributed by atoms with E-state index in [9.17, 15) is 23.5 Å². The van der Waals surface area contributed by atoms with Crippen molar-refractivity contribution in [2.45, 2.75) is 69.4 Å². The van der Waals surface area contributed by atoms with Crippen molar-refractivity contribution in [1.82, 2.24) is 15.5 Å². The smallest absolute Gasteiger partial charge is 0.254 e. The van der Waals surface area contributed by atoms with Gasteiger partial charge in [0.05, 0.1) is 19.3 Å². The van der Waals surface area contributed by atoms with Crippen molar-refractivity contribution < 1.29 is 33.0 Å². The molecule has 234 valence electrons. The monoisotopic (exact) mass is 607 g/mol. The zero-order chi connectivity index (χ0) is 31.2. The maximum atomic E-state index is 14.1. The highest BCUT2D eigenvalue weighted by molar-refractivity contribution is 6.00. The molecular weight excluding hydrogens is 568 g/mol. The molecule has 2 aliphatic rings. The molecule has 10 heteroatoms. The maximum absolute atomic E-state index is 14.1. The van der Waals surface area contributed by atoms with E-state index in [0.717, 1.165) is 25.3 Å². The topological polar surface area (TPSA) is 100 Å². The number of aliphatic hydroxyl groups is 1. The van der Waals surface area contributed by atoms with Crippen LogP contribution in [0.2, 0.25) is 0 Å². The Morgan fingerprint density at radius 2 is 1.77 bits per heavy atom. The molecule has 5 rings (SSSR count). The van der Waals surface area contributed by atoms with E-state index in [1.165, 1.54) is 31.4 Å². The van der Waals surface area contributed by atoms with Gasteiger partial charge in [0, 0.05) is 48.8 Å². The number of para-hydroxylation sites is 1. The lowest BCUT2D eigenvalue weighted by Gasteiger charge is -2.29. The van der Waals surface area contributed by atoms with Crippen LogP contribution in [0.1, 0.15) is 58.9 Å². The van der Waals surface area contributed by atoms with Crippen molar-refractivity contribution in [3.05, 3.63) is 95.1 Å². The lowest BCUT2D eigenvalue weighted by atomic mass is 9.94. The minimum atomic E-state index is -1.13. The Morgan fingerprint density at radius 3 is 2.48 bits per heavy atom. The van der Waals surface area contributed by atoms with Crippen LogP contribution in [0.5, 0.6) is 11.5 Å². The standard InChI is InChI=1S/C34H39F2N3O5/c1-3-26-8-7-11-39(26)34(42)23-15-22(16-28(17-23)43-2)33(41)38-31(14-21-12-24(35)18-25(36)13-21)32(40)30-19-29(20-37-30)44-27-9-5-4-6-10-27/h4-6,9-10,12-13,15-18,26,29-32,37,40H,3,7-8,11,14,19-20H2,1-2H3,(H,38,41)/t26-,29+,30+,31-,32+/m0/s1. The predicted molar refractivity (Wildman–Crippen MR) is 162 cm³/mol. The first-order valence-corrected chi connectivity index (χ1v) is 15.1. The molecule has 0 aromatic heterocycles. The summed E-state index contributed by atoms with van der Waals surface area (Å²) in [7, 11) is 1.46. The van der Waals surface area contributed by atoms with Crippen molar-refractivity contribution in [2.75, 3.05) is 20.2 Å². The highest BCUT2D eigenvalue weighted by atomic mass is 19.1. The van der Waals surface area contributed by atoms with Crippen molar-refractivity contribution in [1.29, 1.82) is 0 Å². The third kappa shape index (κ3) is 7.54. The van der Waals surface area contributed by atoms with Crippen molar-refractivity contribution >= 4 is 11.8 Å². The molecule has 0 aliphatic carbocycles. The third-order valence-corrected chi connectivity index (χ3v) is 8.45. The van der Waals surface area contributed by atoms with Gasteiger partial charge in [-0.1, -0.05) is 25.1 Å². The number of aliphatic hydroxyl groups excluding tert-OH is 1. The average molecular weight is 608 g/mol. The number of benzene rings is 3. The predicted octanol–water partition coefficient (Wildman–Crippen LogP) is 4.50. The van der Waals surface area contributed by atoms with E-state index in [-0.39, 0.29) is 35.6 Å². The SMILES string of the molecule is CC[C@H]1CCCN1C(=O)c1cc(OC)cc(C(=O)N[C@@H](Cc2cc(F)cc(F)c2)[C@H](O)[C@H]2C[C@@H](Oc3ccccc3)CN2)c1. The molecule has 3 aromatic carbocycles. The summed E-state index contributed by atoms with van der Waals surface area (Å²) in [6, 6.07) is 15.9. The summed E-state index contributed by atoms with van der Waals surface area (Å²) in [6.07, 6.45) is 1.77. The fourth-order valence-electron chi connectivity index (χ4n) is 6.21. The largest absolute Gasteiger partial charge is 0.497 e. The molecule has 2 heterocycles. The number of hydrogen-bond acceptors (Lipinski definition) is 6. The molecular formula is C34H39F2N3O5. The van der Waals surface area contributed by atoms with E-state index in [2.05, 4.69) is 10.6 Å². The summed E-state index contributed by atoms with van der Waals surface area (Å²) in [4.78, 5) is 29.0. The third-order valence-electron chi connectivity index (χ3n) is 8.45. The van der Waals surface area contributed by atoms with Gasteiger partial charge in [-0.3, -0.25) is 9.59 Å². The summed E-state index contributed by atoms with van der Waals surface area (Å²) in [6.45, 7) is 3.17. The number of nitrogens with zero attached hydrogens (tertiary/aromatic N) is 1. The van der Waals surface area contributed by atoms with Gasteiger partial charge in [-0.15, -0.1) is 0 Å². The van der Waals surface area contributed by atoms with Crippen LogP contribution >= 0.6 is 0 Å². The molecule has 2 fully saturated rings. The van der Waals surface area contributed by atoms with E-state index in [4.69, 9.17) is 9.47 Å². The molecule has 0 saturated carbocycles. The van der Waals surface area contributed by atoms with Crippen molar-refractivity contribution in [3.8, 4) is 11.5 Å². The van der Waals surface area contributed by atoms with Gasteiger partial charge < -0.3 is 30.1 Å². The lowest BCUT2D eigenvalue weighted by molar-refractivity contribution is 0.0719. The Morgan fingerprint density at radius 1 is 1.05 bits per heavy atom. The number of likely N-dealkylation sites (tertiary alicyclic amines) is 1. The van der Waals surface area contributed by atoms with Gasteiger partial charge >= 0.3 is 0 Å². The van der Waals surface area contributed by atoms with Gasteiger partial charge in [-0.25, -0.2) is 8.78 Å². The minimum absolute atomic E-state index is 0.0360. The second-order valence-corrected chi connectivity index (χ2v) is 11.5. The van der Waals surface area contributed by atoms with E-state index >= 15 is 0 Å². The number of hydrogen-bond donors (Lipinski definition) is 3. The Balaban J connectivity index is 1.37. The molecule has 8 nitrogen and oxygen atoms in total. The molecule has 2 amide bonds. The Labute approximate surface area is 256 Å². The zero-order valence-electron chi connectivity index (χ0n) is 25.0. The van der Waals surface area contributed by atoms with Gasteiger partial charge in [0.15, 0.2) is 0 Å². The first kappa shape index (κ1) is 31.4. The summed E-state index contributed by atoms with van der Waals surface area (Å²) < 4.78 is 39.6. The summed E-state index contributed by atoms with van der Waals surface area (Å²) in [5, 5.41) is 17.7. The number of amides is 2. The van der Waals surface area contributed by atoms with Crippen LogP contribution in [-0.4, -0.2) is 72.4 Å². The molecule has 0 radical (unpaired) electrons. The lowest BCUT2D eigenvalue weighted by Crippen LogP contribution is -2.52. The highest BCUT2D eigenvalue weighted by Crippen LogP contribution is 2.26. The summed E-state index contributed by atoms with van der Waals surface area (Å²) >= 11 is 0. The van der Waals surface area contributed by atoms with Gasteiger partial charge in [0.1, 0.15) is 29.2 Å². The molecule has 0 bridgehead atoms. The number of carbonyl (C=O) groups excluding carboxylic acids is 2. The highest BCUT2D eigenvalue weighted by Gasteiger charge is 2.36. The van der Waals surface area contributed by atoms with Crippen LogP contribution in [0.4, 0.5) is 8.78 Å². The average Bonchev–Trinajstić information content (AvgIpc) is 3.69. The van der Waals surface area contributed by atoms with Crippen LogP contribution in [0, 0.1) is 11.6 Å². The quantitative estimate of drug-likeness (QED) is 0.297. The van der Waals surface area contributed by atoms with Gasteiger partial charge in [0.2, 0.25) is 0 Å². The maximum Gasteiger partial charge on any atom is 0.254 e. The second-order valence-electron chi connectivity index (χ2n) is 11.5. The number of halogens is 2. The number of rotatable bonds is 11. The molecule has 3 aromatic rings. The minimum Gasteiger partial charge on any atom is -0.497 e.